The van der Waals surface area contributed by atoms with Crippen molar-refractivity contribution in [3.05, 3.63) is 56.3 Å². The normalized spacial score (nSPS) is 16.9. The SMILES string of the molecule is COCCN(C)C(=O)c1ccc(N2CCC(NS(=O)(=O)/C=C(/C)c3ccc(Cl)s3)C2=O)c(F)c1. The van der Waals surface area contributed by atoms with E-state index in [4.69, 9.17) is 16.3 Å². The quantitative estimate of drug-likeness (QED) is 0.537. The summed E-state index contributed by atoms with van der Waals surface area (Å²) < 4.78 is 47.8. The van der Waals surface area contributed by atoms with Crippen molar-refractivity contribution in [2.45, 2.75) is 19.4 Å². The third-order valence-electron chi connectivity index (χ3n) is 5.27. The monoisotopic (exact) mass is 529 g/mol. The van der Waals surface area contributed by atoms with Crippen LogP contribution in [0.3, 0.4) is 0 Å². The third-order valence-corrected chi connectivity index (χ3v) is 7.91. The molecule has 1 saturated heterocycles. The summed E-state index contributed by atoms with van der Waals surface area (Å²) in [5.41, 5.74) is 0.606. The van der Waals surface area contributed by atoms with Gasteiger partial charge in [-0.1, -0.05) is 11.6 Å². The Hall–Kier alpha value is -2.31. The Labute approximate surface area is 207 Å². The van der Waals surface area contributed by atoms with Crippen LogP contribution in [0.2, 0.25) is 4.34 Å². The minimum atomic E-state index is -3.94. The molecule has 1 aromatic heterocycles. The number of methoxy groups -OCH3 is 1. The number of hydrogen-bond donors (Lipinski definition) is 1. The molecule has 0 radical (unpaired) electrons. The van der Waals surface area contributed by atoms with E-state index in [-0.39, 0.29) is 30.1 Å². The standard InChI is InChI=1S/C22H25ClFN3O5S2/c1-14(19-6-7-20(23)33-19)13-34(30,31)25-17-8-9-27(22(17)29)18-5-4-15(12-16(18)24)21(28)26(2)10-11-32-3/h4-7,12-13,17,25H,8-11H2,1-3H3/b14-13-. The molecule has 1 fully saturated rings. The maximum absolute atomic E-state index is 14.8. The van der Waals surface area contributed by atoms with Crippen molar-refractivity contribution < 1.29 is 27.1 Å². The molecule has 12 heteroatoms. The highest BCUT2D eigenvalue weighted by molar-refractivity contribution is 7.92. The zero-order valence-electron chi connectivity index (χ0n) is 18.9. The second-order valence-corrected chi connectivity index (χ2v) is 11.1. The molecule has 1 aliphatic rings. The summed E-state index contributed by atoms with van der Waals surface area (Å²) in [5, 5.41) is 1.05. The van der Waals surface area contributed by atoms with E-state index in [9.17, 15) is 22.4 Å². The van der Waals surface area contributed by atoms with E-state index < -0.39 is 27.8 Å². The van der Waals surface area contributed by atoms with Crippen LogP contribution in [-0.2, 0) is 19.6 Å². The van der Waals surface area contributed by atoms with Crippen molar-refractivity contribution in [1.82, 2.24) is 9.62 Å². The Balaban J connectivity index is 1.70. The summed E-state index contributed by atoms with van der Waals surface area (Å²) in [5.74, 6) is -1.69. The molecular weight excluding hydrogens is 505 g/mol. The lowest BCUT2D eigenvalue weighted by Crippen LogP contribution is -2.41. The summed E-state index contributed by atoms with van der Waals surface area (Å²) in [6.45, 7) is 2.46. The average Bonchev–Trinajstić information content (AvgIpc) is 3.37. The molecule has 1 atom stereocenters. The summed E-state index contributed by atoms with van der Waals surface area (Å²) in [6.07, 6.45) is 0.176. The first-order valence-corrected chi connectivity index (χ1v) is 13.1. The van der Waals surface area contributed by atoms with Crippen LogP contribution in [0.1, 0.15) is 28.6 Å². The first-order chi connectivity index (χ1) is 16.0. The number of halogens is 2. The molecule has 8 nitrogen and oxygen atoms in total. The van der Waals surface area contributed by atoms with E-state index in [0.29, 0.717) is 27.9 Å². The van der Waals surface area contributed by atoms with Gasteiger partial charge in [-0.05, 0) is 49.2 Å². The minimum Gasteiger partial charge on any atom is -0.383 e. The maximum Gasteiger partial charge on any atom is 0.253 e. The first-order valence-electron chi connectivity index (χ1n) is 10.3. The summed E-state index contributed by atoms with van der Waals surface area (Å²) in [6, 6.07) is 6.22. The number of sulfonamides is 1. The zero-order chi connectivity index (χ0) is 25.0. The molecule has 0 bridgehead atoms. The van der Waals surface area contributed by atoms with Crippen LogP contribution in [0, 0.1) is 5.82 Å². The molecular formula is C22H25ClFN3O5S2. The Morgan fingerprint density at radius 2 is 2.12 bits per heavy atom. The van der Waals surface area contributed by atoms with Gasteiger partial charge in [0.2, 0.25) is 15.9 Å². The molecule has 0 saturated carbocycles. The highest BCUT2D eigenvalue weighted by Crippen LogP contribution is 2.29. The predicted octanol–water partition coefficient (Wildman–Crippen LogP) is 3.34. The van der Waals surface area contributed by atoms with Crippen LogP contribution in [0.4, 0.5) is 10.1 Å². The molecule has 1 N–H and O–H groups in total. The molecule has 0 aliphatic carbocycles. The van der Waals surface area contributed by atoms with Crippen LogP contribution in [0.25, 0.3) is 5.57 Å². The number of allylic oxidation sites excluding steroid dienone is 1. The fourth-order valence-corrected chi connectivity index (χ4v) is 5.85. The van der Waals surface area contributed by atoms with Gasteiger partial charge in [0.25, 0.3) is 5.91 Å². The topological polar surface area (TPSA) is 96.0 Å². The highest BCUT2D eigenvalue weighted by Gasteiger charge is 2.36. The zero-order valence-corrected chi connectivity index (χ0v) is 21.3. The Kier molecular flexibility index (Phi) is 8.47. The molecule has 1 aromatic carbocycles. The number of carbonyl (C=O) groups excluding carboxylic acids is 2. The predicted molar refractivity (Wildman–Crippen MR) is 131 cm³/mol. The number of nitrogens with one attached hydrogen (secondary N) is 1. The van der Waals surface area contributed by atoms with E-state index in [0.717, 1.165) is 11.5 Å². The molecule has 34 heavy (non-hydrogen) atoms. The summed E-state index contributed by atoms with van der Waals surface area (Å²) >= 11 is 7.14. The largest absolute Gasteiger partial charge is 0.383 e. The van der Waals surface area contributed by atoms with Crippen molar-refractivity contribution >= 4 is 56.0 Å². The van der Waals surface area contributed by atoms with Crippen LogP contribution in [-0.4, -0.2) is 65.0 Å². The van der Waals surface area contributed by atoms with Gasteiger partial charge in [-0.2, -0.15) is 4.72 Å². The van der Waals surface area contributed by atoms with Crippen molar-refractivity contribution in [3.63, 3.8) is 0 Å². The number of anilines is 1. The van der Waals surface area contributed by atoms with Gasteiger partial charge in [0.15, 0.2) is 0 Å². The highest BCUT2D eigenvalue weighted by atomic mass is 35.5. The molecule has 3 rings (SSSR count). The van der Waals surface area contributed by atoms with E-state index in [2.05, 4.69) is 4.72 Å². The van der Waals surface area contributed by atoms with E-state index in [1.54, 1.807) is 26.1 Å². The minimum absolute atomic E-state index is 0.0113. The number of ether oxygens (including phenoxy) is 1. The lowest BCUT2D eigenvalue weighted by Gasteiger charge is -2.20. The van der Waals surface area contributed by atoms with Gasteiger partial charge in [0.05, 0.1) is 22.0 Å². The Morgan fingerprint density at radius 1 is 1.38 bits per heavy atom. The molecule has 1 unspecified atom stereocenters. The van der Waals surface area contributed by atoms with Gasteiger partial charge in [0, 0.05) is 37.7 Å². The summed E-state index contributed by atoms with van der Waals surface area (Å²) in [4.78, 5) is 28.6. The fourth-order valence-electron chi connectivity index (χ4n) is 3.49. The van der Waals surface area contributed by atoms with Gasteiger partial charge in [-0.3, -0.25) is 9.59 Å². The van der Waals surface area contributed by atoms with Crippen molar-refractivity contribution in [3.8, 4) is 0 Å². The number of amides is 2. The average molecular weight is 530 g/mol. The van der Waals surface area contributed by atoms with Crippen molar-refractivity contribution in [2.24, 2.45) is 0 Å². The number of carbonyl (C=O) groups is 2. The van der Waals surface area contributed by atoms with E-state index in [1.807, 2.05) is 0 Å². The maximum atomic E-state index is 14.8. The van der Waals surface area contributed by atoms with E-state index in [1.165, 1.54) is 40.4 Å². The van der Waals surface area contributed by atoms with E-state index >= 15 is 0 Å². The van der Waals surface area contributed by atoms with Crippen molar-refractivity contribution in [2.75, 3.05) is 38.8 Å². The second-order valence-electron chi connectivity index (χ2n) is 7.78. The Morgan fingerprint density at radius 3 is 2.74 bits per heavy atom. The number of hydrogen-bond acceptors (Lipinski definition) is 6. The van der Waals surface area contributed by atoms with Crippen LogP contribution < -0.4 is 9.62 Å². The number of benzene rings is 1. The fraction of sp³-hybridized carbons (Fsp3) is 0.364. The Bertz CT molecular complexity index is 1210. The second kappa shape index (κ2) is 11.0. The summed E-state index contributed by atoms with van der Waals surface area (Å²) in [7, 11) is -0.838. The smallest absolute Gasteiger partial charge is 0.253 e. The number of nitrogens with zero attached hydrogens (tertiary/aromatic N) is 2. The number of thiophene rings is 1. The molecule has 1 aliphatic heterocycles. The van der Waals surface area contributed by atoms with Gasteiger partial charge < -0.3 is 14.5 Å². The molecule has 184 valence electrons. The molecule has 2 heterocycles. The first kappa shape index (κ1) is 26.3. The lowest BCUT2D eigenvalue weighted by atomic mass is 10.1. The molecule has 2 amide bonds. The number of likely N-dealkylation sites (N-methyl/N-ethyl adjacent to an activating group) is 1. The van der Waals surface area contributed by atoms with Gasteiger partial charge in [-0.25, -0.2) is 12.8 Å². The molecule has 0 spiro atoms. The van der Waals surface area contributed by atoms with Crippen LogP contribution in [0.15, 0.2) is 35.7 Å². The van der Waals surface area contributed by atoms with Crippen molar-refractivity contribution in [1.29, 1.82) is 0 Å². The van der Waals surface area contributed by atoms with Crippen LogP contribution >= 0.6 is 22.9 Å². The number of rotatable bonds is 9. The van der Waals surface area contributed by atoms with Crippen LogP contribution in [0.5, 0.6) is 0 Å². The van der Waals surface area contributed by atoms with Gasteiger partial charge in [0.1, 0.15) is 11.9 Å². The van der Waals surface area contributed by atoms with Gasteiger partial charge >= 0.3 is 0 Å². The van der Waals surface area contributed by atoms with Gasteiger partial charge in [-0.15, -0.1) is 11.3 Å². The molecule has 2 aromatic rings. The third kappa shape index (κ3) is 6.22. The lowest BCUT2D eigenvalue weighted by molar-refractivity contribution is -0.118.